The van der Waals surface area contributed by atoms with Crippen LogP contribution in [0.5, 0.6) is 0 Å². The van der Waals surface area contributed by atoms with Gasteiger partial charge in [0.05, 0.1) is 36.8 Å². The van der Waals surface area contributed by atoms with Gasteiger partial charge in [0.15, 0.2) is 41.9 Å². The first kappa shape index (κ1) is 56.3. The summed E-state index contributed by atoms with van der Waals surface area (Å²) >= 11 is 0. The normalized spacial score (nSPS) is 13.6. The maximum Gasteiger partial charge on any atom is 0.329 e. The van der Waals surface area contributed by atoms with Gasteiger partial charge in [-0.3, -0.25) is 14.4 Å². The van der Waals surface area contributed by atoms with Crippen molar-refractivity contribution in [1.82, 2.24) is 0 Å². The number of carbonyl (C=O) groups is 3. The highest BCUT2D eigenvalue weighted by Gasteiger charge is 2.27. The van der Waals surface area contributed by atoms with Crippen LogP contribution in [-0.2, 0) is 42.8 Å². The number of methoxy groups -OCH3 is 1. The fourth-order valence-electron chi connectivity index (χ4n) is 3.98. The van der Waals surface area contributed by atoms with Crippen molar-refractivity contribution in [2.24, 2.45) is 11.3 Å². The van der Waals surface area contributed by atoms with E-state index in [-0.39, 0.29) is 30.1 Å². The molecule has 0 saturated carbocycles. The molecule has 0 aromatic heterocycles. The van der Waals surface area contributed by atoms with Crippen molar-refractivity contribution in [3.05, 3.63) is 0 Å². The Bertz CT molecular complexity index is 1210. The maximum absolute atomic E-state index is 11.6. The third-order valence-electron chi connectivity index (χ3n) is 7.92. The number of hydrogen-bond acceptors (Lipinski definition) is 15. The predicted molar refractivity (Wildman–Crippen MR) is 258 cm³/mol. The fraction of sp³-hybridized carbons (Fsp3) is 0.927. The first-order valence-electron chi connectivity index (χ1n) is 24.1. The number of esters is 2. The molecule has 0 aliphatic rings. The molecule has 61 heavy (non-hydrogen) atoms. The van der Waals surface area contributed by atoms with Gasteiger partial charge in [-0.15, -0.1) is 0 Å². The van der Waals surface area contributed by atoms with Crippen LogP contribution in [0.25, 0.3) is 0 Å². The molecule has 0 aromatic carbocycles. The highest BCUT2D eigenvalue weighted by Crippen LogP contribution is 2.22. The lowest BCUT2D eigenvalue weighted by Gasteiger charge is -2.20. The van der Waals surface area contributed by atoms with Gasteiger partial charge in [-0.1, -0.05) is 20.8 Å². The minimum atomic E-state index is -2.68. The van der Waals surface area contributed by atoms with Crippen LogP contribution in [0.15, 0.2) is 0 Å². The van der Waals surface area contributed by atoms with Crippen molar-refractivity contribution >= 4 is 60.2 Å². The van der Waals surface area contributed by atoms with E-state index in [0.29, 0.717) is 45.6 Å². The van der Waals surface area contributed by atoms with Crippen LogP contribution in [0.4, 0.5) is 0 Å². The van der Waals surface area contributed by atoms with Gasteiger partial charge in [-0.05, 0) is 162 Å². The molecule has 0 heterocycles. The molecular weight excluding hydrogens is 873 g/mol. The zero-order valence-electron chi connectivity index (χ0n) is 47.8. The molecule has 370 valence electrons. The van der Waals surface area contributed by atoms with Crippen molar-refractivity contribution in [2.75, 3.05) is 46.9 Å². The highest BCUT2D eigenvalue weighted by molar-refractivity contribution is 6.70. The minimum Gasteiger partial charge on any atom is -0.468 e. The average molecular weight is 982 g/mol. The van der Waals surface area contributed by atoms with Crippen molar-refractivity contribution in [3.63, 3.8) is 0 Å². The lowest BCUT2D eigenvalue weighted by Crippen LogP contribution is -2.30. The fourth-order valence-corrected chi connectivity index (χ4v) is 8.75. The molecule has 0 saturated heterocycles. The van der Waals surface area contributed by atoms with Crippen LogP contribution >= 0.6 is 0 Å². The maximum atomic E-state index is 11.6. The minimum absolute atomic E-state index is 0.0481. The predicted octanol–water partition coefficient (Wildman–Crippen LogP) is 7.52. The van der Waals surface area contributed by atoms with Gasteiger partial charge in [0.1, 0.15) is 6.79 Å². The quantitative estimate of drug-likeness (QED) is 0.00957. The molecule has 0 unspecified atom stereocenters. The number of ether oxygens (including phenoxy) is 6. The van der Waals surface area contributed by atoms with Gasteiger partial charge in [0.25, 0.3) is 6.47 Å². The van der Waals surface area contributed by atoms with E-state index in [9.17, 15) is 14.4 Å². The van der Waals surface area contributed by atoms with Crippen molar-refractivity contribution in [3.8, 4) is 0 Å². The van der Waals surface area contributed by atoms with E-state index in [4.69, 9.17) is 37.1 Å². The summed E-state index contributed by atoms with van der Waals surface area (Å²) in [5, 5.41) is 0. The van der Waals surface area contributed by atoms with E-state index in [1.807, 2.05) is 73.9 Å². The third kappa shape index (κ3) is 71.0. The topological polar surface area (TPSA) is 228 Å². The monoisotopic (exact) mass is 981 g/mol. The van der Waals surface area contributed by atoms with Gasteiger partial charge in [-0.2, -0.15) is 0 Å². The van der Waals surface area contributed by atoms with E-state index in [1.165, 1.54) is 0 Å². The van der Waals surface area contributed by atoms with E-state index in [1.54, 1.807) is 13.7 Å². The van der Waals surface area contributed by atoms with Gasteiger partial charge in [-0.25, -0.2) is 0 Å². The molecule has 0 bridgehead atoms. The molecule has 0 aliphatic heterocycles. The van der Waals surface area contributed by atoms with Crippen LogP contribution < -0.4 is 0 Å². The lowest BCUT2D eigenvalue weighted by atomic mass is 9.91. The Hall–Kier alpha value is -0.866. The summed E-state index contributed by atoms with van der Waals surface area (Å²) in [6.07, 6.45) is 4.79. The first-order chi connectivity index (χ1) is 30.7. The summed E-state index contributed by atoms with van der Waals surface area (Å²) in [5.41, 5.74) is -0.508. The Balaban J connectivity index is -0.000000241. The summed E-state index contributed by atoms with van der Waals surface area (Å²) < 4.78 is 71.0. The average Bonchev–Trinajstić information content (AvgIpc) is 3.27. The molecule has 0 atom stereocenters. The number of hydrogen-bond donors (Lipinski definition) is 6. The van der Waals surface area contributed by atoms with Gasteiger partial charge >= 0.3 is 20.5 Å². The smallest absolute Gasteiger partial charge is 0.329 e. The Morgan fingerprint density at radius 2 is 1.03 bits per heavy atom. The summed E-state index contributed by atoms with van der Waals surface area (Å²) in [7, 11) is -8.01. The van der Waals surface area contributed by atoms with Crippen LogP contribution in [0.1, 0.15) is 93.9 Å². The first-order valence-corrected chi connectivity index (χ1v) is 36.7. The third-order valence-corrected chi connectivity index (χ3v) is 15.4. The number of carbonyl (C=O) groups excluding carboxylic acids is 3. The standard InChI is InChI=1S/C10H22O4Si.C9H20O3Si.C9H22O2Si.C7H18O3Si.C6H14O3Si/c1-5-10(2,3)9(11)14-7-6-8-15(4,12)13;1-8(2)9(10)12-6-5-7-13(3,4)11;1-9(2,3)11-7-6-8-12(4,5)10;1-9-7-10-5-4-6-11(2,3)8;1-10(2,8)5-3-4-9-6-7/h12-13H,5-8H2,1-4H3;8,11H,5-7H2,1-4H3;10H,6-8H2,1-5H3;8H,4-7H2,1-3H3;6,8H,3-5H2,1-2H3/i12T,13T;11T;10T;2*8T. The van der Waals surface area contributed by atoms with Gasteiger partial charge < -0.3 is 57.2 Å². The van der Waals surface area contributed by atoms with Crippen molar-refractivity contribution < 1.29 is 71.6 Å². The van der Waals surface area contributed by atoms with Crippen molar-refractivity contribution in [1.29, 1.82) is 8.59 Å². The summed E-state index contributed by atoms with van der Waals surface area (Å²) in [6.45, 7) is 36.5. The number of rotatable bonds is 32. The molecule has 20 heteroatoms. The molecule has 15 nitrogen and oxygen atoms in total. The Morgan fingerprint density at radius 3 is 1.41 bits per heavy atom. The lowest BCUT2D eigenvalue weighted by molar-refractivity contribution is -0.154. The van der Waals surface area contributed by atoms with E-state index >= 15 is 0 Å². The second-order valence-electron chi connectivity index (χ2n) is 19.6. The SMILES string of the molecule is [3H]O[Si](C)(C)CCCOC(=O)C(C)C.[3H]O[Si](C)(C)CCCOC(C)(C)C.[3H]O[Si](C)(C)CCCOC=O.[3H]O[Si](C)(C)CCCOCOC.[3H]O[Si](C)(CCCOC(=O)C(C)(C)CC)O[3H]. The zero-order valence-corrected chi connectivity index (χ0v) is 46.8. The van der Waals surface area contributed by atoms with Gasteiger partial charge in [0.2, 0.25) is 0 Å². The summed E-state index contributed by atoms with van der Waals surface area (Å²) in [4.78, 5) is 59.8. The van der Waals surface area contributed by atoms with E-state index in [0.717, 1.165) is 62.9 Å². The Morgan fingerprint density at radius 1 is 0.623 bits per heavy atom. The highest BCUT2D eigenvalue weighted by atomic mass is 28.4. The molecule has 0 aliphatic carbocycles. The molecule has 0 radical (unpaired) electrons. The largest absolute Gasteiger partial charge is 0.468 e. The van der Waals surface area contributed by atoms with E-state index < -0.39 is 47.2 Å². The Labute approximate surface area is 386 Å². The molecular formula is C41H96O15Si5. The van der Waals surface area contributed by atoms with Crippen LogP contribution in [-0.4, -0.2) is 150 Å². The summed E-state index contributed by atoms with van der Waals surface area (Å²) in [5.74, 6) is -0.439. The van der Waals surface area contributed by atoms with Crippen LogP contribution in [0, 0.1) is 11.3 Å². The van der Waals surface area contributed by atoms with E-state index in [2.05, 4.69) is 62.6 Å². The van der Waals surface area contributed by atoms with Crippen LogP contribution in [0.2, 0.25) is 89.1 Å². The Kier molecular flexibility index (Phi) is 33.5. The molecule has 0 amide bonds. The van der Waals surface area contributed by atoms with Gasteiger partial charge in [0, 0.05) is 20.3 Å². The molecule has 0 aromatic rings. The summed E-state index contributed by atoms with van der Waals surface area (Å²) in [6, 6.07) is 4.11. The van der Waals surface area contributed by atoms with Crippen LogP contribution in [0.3, 0.4) is 0 Å². The molecule has 0 rings (SSSR count). The molecule has 0 fully saturated rings. The second kappa shape index (κ2) is 36.4. The van der Waals surface area contributed by atoms with Crippen molar-refractivity contribution in [2.45, 2.75) is 189 Å². The zero-order chi connectivity index (χ0) is 53.4. The molecule has 6 N–H and O–H groups in total. The second-order valence-corrected chi connectivity index (χ2v) is 38.5. The molecule has 0 spiro atoms.